The maximum atomic E-state index is 14.5. The van der Waals surface area contributed by atoms with Gasteiger partial charge in [0.1, 0.15) is 11.2 Å². The summed E-state index contributed by atoms with van der Waals surface area (Å²) in [7, 11) is 0. The molecule has 6 rings (SSSR count). The second-order valence-corrected chi connectivity index (χ2v) is 9.71. The highest BCUT2D eigenvalue weighted by molar-refractivity contribution is 5.97. The second-order valence-electron chi connectivity index (χ2n) is 9.71. The van der Waals surface area contributed by atoms with Crippen LogP contribution in [0.15, 0.2) is 77.9 Å². The molecular weight excluding hydrogens is 457 g/mol. The Balaban J connectivity index is 1.38. The number of nitrogens with one attached hydrogen (secondary N) is 1. The minimum atomic E-state index is -1.73. The van der Waals surface area contributed by atoms with Gasteiger partial charge in [0.25, 0.3) is 5.91 Å². The number of benzene rings is 2. The van der Waals surface area contributed by atoms with Gasteiger partial charge in [-0.3, -0.25) is 14.4 Å². The van der Waals surface area contributed by atoms with E-state index in [1.165, 1.54) is 6.92 Å². The molecule has 2 saturated carbocycles. The van der Waals surface area contributed by atoms with Crippen molar-refractivity contribution in [3.8, 4) is 16.8 Å². The van der Waals surface area contributed by atoms with Crippen LogP contribution in [0, 0.1) is 0 Å². The van der Waals surface area contributed by atoms with Gasteiger partial charge in [0.15, 0.2) is 11.5 Å². The summed E-state index contributed by atoms with van der Waals surface area (Å²) < 4.78 is 16.3. The third kappa shape index (κ3) is 3.81. The number of aromatic nitrogens is 2. The van der Waals surface area contributed by atoms with Crippen molar-refractivity contribution in [2.45, 2.75) is 43.8 Å². The maximum Gasteiger partial charge on any atom is 0.257 e. The smallest absolute Gasteiger partial charge is 0.257 e. The zero-order valence-electron chi connectivity index (χ0n) is 19.7. The number of rotatable bonds is 6. The summed E-state index contributed by atoms with van der Waals surface area (Å²) in [5, 5.41) is 3.28. The van der Waals surface area contributed by atoms with Crippen LogP contribution < -0.4 is 10.7 Å². The van der Waals surface area contributed by atoms with E-state index in [1.54, 1.807) is 29.1 Å². The van der Waals surface area contributed by atoms with E-state index in [2.05, 4.69) is 10.3 Å². The van der Waals surface area contributed by atoms with Crippen LogP contribution in [0.4, 0.5) is 4.39 Å². The predicted molar refractivity (Wildman–Crippen MR) is 135 cm³/mol. The van der Waals surface area contributed by atoms with Gasteiger partial charge in [0, 0.05) is 30.0 Å². The molecule has 0 spiro atoms. The third-order valence-corrected chi connectivity index (χ3v) is 7.17. The third-order valence-electron chi connectivity index (χ3n) is 7.17. The second kappa shape index (κ2) is 8.22. The van der Waals surface area contributed by atoms with Gasteiger partial charge in [-0.25, -0.2) is 9.37 Å². The molecule has 2 aliphatic rings. The van der Waals surface area contributed by atoms with Gasteiger partial charge >= 0.3 is 0 Å². The van der Waals surface area contributed by atoms with Crippen LogP contribution in [-0.4, -0.2) is 33.0 Å². The van der Waals surface area contributed by atoms with Gasteiger partial charge in [-0.2, -0.15) is 0 Å². The van der Waals surface area contributed by atoms with Crippen molar-refractivity contribution in [3.63, 3.8) is 0 Å². The lowest BCUT2D eigenvalue weighted by Gasteiger charge is -2.14. The first-order valence-electron chi connectivity index (χ1n) is 12.1. The van der Waals surface area contributed by atoms with Crippen molar-refractivity contribution in [1.82, 2.24) is 14.9 Å². The fourth-order valence-electron chi connectivity index (χ4n) is 4.76. The number of pyridine rings is 2. The lowest BCUT2D eigenvalue weighted by molar-refractivity contribution is -0.123. The molecule has 2 fully saturated rings. The molecule has 7 heteroatoms. The van der Waals surface area contributed by atoms with E-state index >= 15 is 0 Å². The summed E-state index contributed by atoms with van der Waals surface area (Å²) in [6, 6.07) is 18.8. The number of hydrogen-bond acceptors (Lipinski definition) is 4. The van der Waals surface area contributed by atoms with Crippen molar-refractivity contribution in [2.75, 3.05) is 0 Å². The summed E-state index contributed by atoms with van der Waals surface area (Å²) in [6.45, 7) is 1.30. The van der Waals surface area contributed by atoms with Crippen LogP contribution in [0.25, 0.3) is 27.8 Å². The number of halogens is 1. The van der Waals surface area contributed by atoms with E-state index < -0.39 is 11.5 Å². The van der Waals surface area contributed by atoms with Crippen LogP contribution in [0.3, 0.4) is 0 Å². The average molecular weight is 482 g/mol. The number of hydrogen-bond donors (Lipinski definition) is 1. The summed E-state index contributed by atoms with van der Waals surface area (Å²) in [4.78, 5) is 41.9. The summed E-state index contributed by atoms with van der Waals surface area (Å²) >= 11 is 0. The van der Waals surface area contributed by atoms with Crippen LogP contribution in [0.1, 0.15) is 48.0 Å². The molecule has 1 N–H and O–H groups in total. The zero-order chi connectivity index (χ0) is 25.0. The number of alkyl halides is 1. The Morgan fingerprint density at radius 3 is 2.53 bits per heavy atom. The number of nitrogens with zero attached hydrogens (tertiary/aromatic N) is 2. The van der Waals surface area contributed by atoms with Crippen molar-refractivity contribution in [2.24, 2.45) is 0 Å². The number of amides is 1. The summed E-state index contributed by atoms with van der Waals surface area (Å²) in [5.74, 6) is -1.17. The maximum absolute atomic E-state index is 14.5. The van der Waals surface area contributed by atoms with Gasteiger partial charge in [-0.1, -0.05) is 36.4 Å². The molecule has 36 heavy (non-hydrogen) atoms. The van der Waals surface area contributed by atoms with E-state index in [1.807, 2.05) is 48.5 Å². The molecule has 2 heterocycles. The van der Waals surface area contributed by atoms with E-state index in [0.717, 1.165) is 35.2 Å². The van der Waals surface area contributed by atoms with Crippen LogP contribution in [-0.2, 0) is 4.79 Å². The van der Waals surface area contributed by atoms with E-state index in [0.29, 0.717) is 11.0 Å². The molecule has 2 unspecified atom stereocenters. The Hall–Kier alpha value is -4.13. The molecule has 0 aliphatic heterocycles. The van der Waals surface area contributed by atoms with Crippen LogP contribution in [0.2, 0.25) is 0 Å². The number of ketones is 1. The highest BCUT2D eigenvalue weighted by Crippen LogP contribution is 2.55. The van der Waals surface area contributed by atoms with E-state index in [9.17, 15) is 18.8 Å². The Morgan fingerprint density at radius 2 is 1.83 bits per heavy atom. The topological polar surface area (TPSA) is 81.1 Å². The molecule has 2 aromatic carbocycles. The molecule has 0 saturated heterocycles. The monoisotopic (exact) mass is 481 g/mol. The quantitative estimate of drug-likeness (QED) is 0.432. The number of carbonyl (C=O) groups is 2. The standard InChI is InChI=1S/C29H24FN3O3/c1-17(34)29(30)15-25(29)19-9-7-18(8-10-19)20-4-2-5-22(14-20)33-16-24(28(36)32-21-11-12-21)26(35)23-6-3-13-31-27(23)33/h2-10,13-14,16,21,25H,11-12,15H2,1H3,(H,32,36). The first kappa shape index (κ1) is 22.3. The molecule has 2 aromatic heterocycles. The molecule has 2 aliphatic carbocycles. The highest BCUT2D eigenvalue weighted by atomic mass is 19.1. The summed E-state index contributed by atoms with van der Waals surface area (Å²) in [5.41, 5.74) is 1.89. The molecule has 0 radical (unpaired) electrons. The van der Waals surface area contributed by atoms with Gasteiger partial charge in [0.05, 0.1) is 5.39 Å². The fourth-order valence-corrected chi connectivity index (χ4v) is 4.76. The average Bonchev–Trinajstić information content (AvgIpc) is 3.82. The first-order valence-corrected chi connectivity index (χ1v) is 12.1. The van der Waals surface area contributed by atoms with Gasteiger partial charge in [-0.05, 0) is 67.1 Å². The fraction of sp³-hybridized carbons (Fsp3) is 0.241. The van der Waals surface area contributed by atoms with Crippen LogP contribution in [0.5, 0.6) is 0 Å². The highest BCUT2D eigenvalue weighted by Gasteiger charge is 2.59. The SMILES string of the molecule is CC(=O)C1(F)CC1c1ccc(-c2cccc(-n3cc(C(=O)NC4CC4)c(=O)c4cccnc43)c2)cc1. The largest absolute Gasteiger partial charge is 0.349 e. The molecule has 4 aromatic rings. The molecule has 1 amide bonds. The van der Waals surface area contributed by atoms with Gasteiger partial charge in [-0.15, -0.1) is 0 Å². The Bertz CT molecular complexity index is 1590. The number of carbonyl (C=O) groups excluding carboxylic acids is 2. The molecule has 2 atom stereocenters. The van der Waals surface area contributed by atoms with E-state index in [-0.39, 0.29) is 35.3 Å². The predicted octanol–water partition coefficient (Wildman–Crippen LogP) is 4.73. The first-order chi connectivity index (χ1) is 17.3. The van der Waals surface area contributed by atoms with Crippen molar-refractivity contribution >= 4 is 22.7 Å². The van der Waals surface area contributed by atoms with Crippen molar-refractivity contribution in [1.29, 1.82) is 0 Å². The van der Waals surface area contributed by atoms with Crippen molar-refractivity contribution < 1.29 is 14.0 Å². The van der Waals surface area contributed by atoms with Crippen LogP contribution >= 0.6 is 0 Å². The van der Waals surface area contributed by atoms with Gasteiger partial charge < -0.3 is 9.88 Å². The minimum Gasteiger partial charge on any atom is -0.349 e. The van der Waals surface area contributed by atoms with Crippen molar-refractivity contribution in [3.05, 3.63) is 94.4 Å². The lowest BCUT2D eigenvalue weighted by Crippen LogP contribution is -2.31. The summed E-state index contributed by atoms with van der Waals surface area (Å²) in [6.07, 6.45) is 5.28. The zero-order valence-corrected chi connectivity index (χ0v) is 19.7. The molecular formula is C29H24FN3O3. The van der Waals surface area contributed by atoms with E-state index in [4.69, 9.17) is 0 Å². The molecule has 6 nitrogen and oxygen atoms in total. The molecule has 0 bridgehead atoms. The minimum absolute atomic E-state index is 0.0850. The number of Topliss-reactive ketones (excluding diaryl/α,β-unsaturated/α-hetero) is 1. The molecule has 180 valence electrons. The van der Waals surface area contributed by atoms with Gasteiger partial charge in [0.2, 0.25) is 5.43 Å². The lowest BCUT2D eigenvalue weighted by atomic mass is 10.0. The Labute approximate surface area is 206 Å². The normalized spacial score (nSPS) is 20.8. The Kier molecular flexibility index (Phi) is 5.10. The number of fused-ring (bicyclic) bond motifs is 1. The Morgan fingerprint density at radius 1 is 1.06 bits per heavy atom.